The third-order valence-electron chi connectivity index (χ3n) is 2.74. The first kappa shape index (κ1) is 13.5. The van der Waals surface area contributed by atoms with Gasteiger partial charge in [0.15, 0.2) is 0 Å². The van der Waals surface area contributed by atoms with Crippen LogP contribution in [0.4, 0.5) is 4.39 Å². The predicted molar refractivity (Wildman–Crippen MR) is 76.2 cm³/mol. The highest BCUT2D eigenvalue weighted by molar-refractivity contribution is 9.10. The Morgan fingerprint density at radius 1 is 1.17 bits per heavy atom. The lowest BCUT2D eigenvalue weighted by molar-refractivity contribution is 0.622. The number of hydrogen-bond acceptors (Lipinski definition) is 1. The lowest BCUT2D eigenvalue weighted by Gasteiger charge is -2.12. The van der Waals surface area contributed by atoms with Crippen LogP contribution in [0.25, 0.3) is 0 Å². The largest absolute Gasteiger partial charge is 0.324 e. The highest BCUT2D eigenvalue weighted by Gasteiger charge is 2.08. The summed E-state index contributed by atoms with van der Waals surface area (Å²) in [5.41, 5.74) is 7.96. The second-order valence-electron chi connectivity index (χ2n) is 4.11. The minimum absolute atomic E-state index is 0.135. The van der Waals surface area contributed by atoms with Crippen LogP contribution in [0.2, 0.25) is 5.02 Å². The minimum atomic E-state index is -0.405. The molecule has 0 aliphatic carbocycles. The molecule has 2 N–H and O–H groups in total. The van der Waals surface area contributed by atoms with Gasteiger partial charge in [-0.25, -0.2) is 4.39 Å². The highest BCUT2D eigenvalue weighted by Crippen LogP contribution is 2.21. The van der Waals surface area contributed by atoms with Crippen molar-refractivity contribution in [3.05, 3.63) is 68.9 Å². The maximum Gasteiger partial charge on any atom is 0.142 e. The van der Waals surface area contributed by atoms with Gasteiger partial charge in [0.05, 0.1) is 5.02 Å². The predicted octanol–water partition coefficient (Wildman–Crippen LogP) is 4.48. The molecule has 94 valence electrons. The van der Waals surface area contributed by atoms with Crippen molar-refractivity contribution >= 4 is 27.5 Å². The van der Waals surface area contributed by atoms with Crippen molar-refractivity contribution in [2.45, 2.75) is 12.5 Å². The summed E-state index contributed by atoms with van der Waals surface area (Å²) in [7, 11) is 0. The maximum absolute atomic E-state index is 13.3. The first-order valence-electron chi connectivity index (χ1n) is 5.51. The smallest absolute Gasteiger partial charge is 0.142 e. The van der Waals surface area contributed by atoms with Crippen LogP contribution < -0.4 is 5.73 Å². The molecule has 0 aromatic heterocycles. The third kappa shape index (κ3) is 3.31. The van der Waals surface area contributed by atoms with E-state index in [2.05, 4.69) is 15.9 Å². The van der Waals surface area contributed by atoms with Crippen molar-refractivity contribution in [2.24, 2.45) is 5.73 Å². The zero-order valence-electron chi connectivity index (χ0n) is 9.54. The zero-order chi connectivity index (χ0) is 13.1. The molecule has 0 amide bonds. The second-order valence-corrected chi connectivity index (χ2v) is 5.43. The van der Waals surface area contributed by atoms with E-state index in [1.165, 1.54) is 6.07 Å². The summed E-state index contributed by atoms with van der Waals surface area (Å²) < 4.78 is 14.3. The number of halogens is 3. The van der Waals surface area contributed by atoms with E-state index >= 15 is 0 Å². The summed E-state index contributed by atoms with van der Waals surface area (Å²) in [6.07, 6.45) is 0.579. The standard InChI is InChI=1S/C14H12BrClFN/c15-11-4-2-10(3-5-11)14(18)8-9-1-6-12(16)13(17)7-9/h1-7,14H,8,18H2. The summed E-state index contributed by atoms with van der Waals surface area (Å²) in [6, 6.07) is 12.4. The zero-order valence-corrected chi connectivity index (χ0v) is 11.9. The van der Waals surface area contributed by atoms with E-state index in [-0.39, 0.29) is 11.1 Å². The van der Waals surface area contributed by atoms with Crippen LogP contribution in [-0.2, 0) is 6.42 Å². The molecule has 1 atom stereocenters. The van der Waals surface area contributed by atoms with Gasteiger partial charge in [0.1, 0.15) is 5.82 Å². The van der Waals surface area contributed by atoms with Gasteiger partial charge in [-0.05, 0) is 41.8 Å². The van der Waals surface area contributed by atoms with Crippen LogP contribution in [0.5, 0.6) is 0 Å². The average Bonchev–Trinajstić information content (AvgIpc) is 2.34. The fraction of sp³-hybridized carbons (Fsp3) is 0.143. The Bertz CT molecular complexity index is 542. The van der Waals surface area contributed by atoms with Crippen molar-refractivity contribution in [3.63, 3.8) is 0 Å². The number of nitrogens with two attached hydrogens (primary N) is 1. The molecule has 0 heterocycles. The fourth-order valence-corrected chi connectivity index (χ4v) is 2.13. The van der Waals surface area contributed by atoms with E-state index in [1.54, 1.807) is 12.1 Å². The Balaban J connectivity index is 2.13. The molecule has 0 radical (unpaired) electrons. The molecule has 2 aromatic carbocycles. The third-order valence-corrected chi connectivity index (χ3v) is 3.57. The van der Waals surface area contributed by atoms with Crippen molar-refractivity contribution in [1.82, 2.24) is 0 Å². The van der Waals surface area contributed by atoms with E-state index in [1.807, 2.05) is 24.3 Å². The topological polar surface area (TPSA) is 26.0 Å². The summed E-state index contributed by atoms with van der Waals surface area (Å²) in [5, 5.41) is 0.135. The quantitative estimate of drug-likeness (QED) is 0.883. The van der Waals surface area contributed by atoms with Gasteiger partial charge in [-0.2, -0.15) is 0 Å². The van der Waals surface area contributed by atoms with Crippen LogP contribution in [0.1, 0.15) is 17.2 Å². The van der Waals surface area contributed by atoms with Crippen LogP contribution in [0.3, 0.4) is 0 Å². The van der Waals surface area contributed by atoms with Crippen LogP contribution >= 0.6 is 27.5 Å². The van der Waals surface area contributed by atoms with Crippen molar-refractivity contribution in [1.29, 1.82) is 0 Å². The first-order chi connectivity index (χ1) is 8.56. The average molecular weight is 329 g/mol. The second kappa shape index (κ2) is 5.83. The van der Waals surface area contributed by atoms with Gasteiger partial charge >= 0.3 is 0 Å². The molecule has 2 aromatic rings. The van der Waals surface area contributed by atoms with E-state index in [4.69, 9.17) is 17.3 Å². The summed E-state index contributed by atoms with van der Waals surface area (Å²) in [4.78, 5) is 0. The molecule has 18 heavy (non-hydrogen) atoms. The van der Waals surface area contributed by atoms with Gasteiger partial charge in [-0.3, -0.25) is 0 Å². The molecule has 0 saturated heterocycles. The van der Waals surface area contributed by atoms with Crippen LogP contribution in [0, 0.1) is 5.82 Å². The lowest BCUT2D eigenvalue weighted by Crippen LogP contribution is -2.13. The summed E-state index contributed by atoms with van der Waals surface area (Å²) in [5.74, 6) is -0.405. The molecule has 0 spiro atoms. The number of benzene rings is 2. The van der Waals surface area contributed by atoms with Gasteiger partial charge in [-0.15, -0.1) is 0 Å². The minimum Gasteiger partial charge on any atom is -0.324 e. The van der Waals surface area contributed by atoms with E-state index in [0.717, 1.165) is 15.6 Å². The SMILES string of the molecule is NC(Cc1ccc(Cl)c(F)c1)c1ccc(Br)cc1. The molecule has 0 bridgehead atoms. The van der Waals surface area contributed by atoms with Gasteiger partial charge < -0.3 is 5.73 Å². The Morgan fingerprint density at radius 3 is 2.44 bits per heavy atom. The maximum atomic E-state index is 13.3. The van der Waals surface area contributed by atoms with E-state index in [9.17, 15) is 4.39 Å². The fourth-order valence-electron chi connectivity index (χ4n) is 1.75. The Hall–Kier alpha value is -0.900. The number of hydrogen-bond donors (Lipinski definition) is 1. The van der Waals surface area contributed by atoms with Crippen molar-refractivity contribution in [2.75, 3.05) is 0 Å². The molecule has 0 aliphatic rings. The van der Waals surface area contributed by atoms with Crippen molar-refractivity contribution < 1.29 is 4.39 Å². The van der Waals surface area contributed by atoms with Crippen LogP contribution in [-0.4, -0.2) is 0 Å². The van der Waals surface area contributed by atoms with Gasteiger partial charge in [0, 0.05) is 10.5 Å². The molecule has 1 nitrogen and oxygen atoms in total. The molecule has 0 saturated carbocycles. The molecule has 2 rings (SSSR count). The highest BCUT2D eigenvalue weighted by atomic mass is 79.9. The van der Waals surface area contributed by atoms with E-state index in [0.29, 0.717) is 6.42 Å². The van der Waals surface area contributed by atoms with Crippen LogP contribution in [0.15, 0.2) is 46.9 Å². The lowest BCUT2D eigenvalue weighted by atomic mass is 10.00. The normalized spacial score (nSPS) is 12.4. The molecule has 1 unspecified atom stereocenters. The van der Waals surface area contributed by atoms with Gasteiger partial charge in [0.2, 0.25) is 0 Å². The molecule has 4 heteroatoms. The monoisotopic (exact) mass is 327 g/mol. The summed E-state index contributed by atoms with van der Waals surface area (Å²) >= 11 is 9.01. The molecular formula is C14H12BrClFN. The van der Waals surface area contributed by atoms with Gasteiger partial charge in [-0.1, -0.05) is 45.7 Å². The molecule has 0 aliphatic heterocycles. The van der Waals surface area contributed by atoms with E-state index < -0.39 is 5.82 Å². The van der Waals surface area contributed by atoms with Gasteiger partial charge in [0.25, 0.3) is 0 Å². The molecular weight excluding hydrogens is 317 g/mol. The number of rotatable bonds is 3. The Morgan fingerprint density at radius 2 is 1.83 bits per heavy atom. The Kier molecular flexibility index (Phi) is 4.38. The summed E-state index contributed by atoms with van der Waals surface area (Å²) in [6.45, 7) is 0. The van der Waals surface area contributed by atoms with Crippen molar-refractivity contribution in [3.8, 4) is 0 Å². The first-order valence-corrected chi connectivity index (χ1v) is 6.68. The molecule has 0 fully saturated rings. The Labute approximate surface area is 119 Å².